The van der Waals surface area contributed by atoms with Crippen LogP contribution in [0, 0.1) is 6.92 Å². The van der Waals surface area contributed by atoms with E-state index in [0.29, 0.717) is 18.8 Å². The lowest BCUT2D eigenvalue weighted by Crippen LogP contribution is -2.48. The molecular weight excluding hydrogens is 304 g/mol. The van der Waals surface area contributed by atoms with E-state index < -0.39 is 0 Å². The van der Waals surface area contributed by atoms with Crippen molar-refractivity contribution in [1.29, 1.82) is 0 Å². The smallest absolute Gasteiger partial charge is 0.276 e. The molecule has 0 radical (unpaired) electrons. The van der Waals surface area contributed by atoms with Gasteiger partial charge in [0.2, 0.25) is 0 Å². The monoisotopic (exact) mass is 328 g/mol. The van der Waals surface area contributed by atoms with Gasteiger partial charge in [-0.1, -0.05) is 25.1 Å². The first kappa shape index (κ1) is 16.6. The molecule has 0 spiro atoms. The number of aromatic nitrogens is 2. The maximum atomic E-state index is 12.5. The molecule has 2 aromatic rings. The van der Waals surface area contributed by atoms with Gasteiger partial charge in [-0.3, -0.25) is 14.7 Å². The van der Waals surface area contributed by atoms with Gasteiger partial charge < -0.3 is 9.42 Å². The highest BCUT2D eigenvalue weighted by molar-refractivity contribution is 5.92. The van der Waals surface area contributed by atoms with Crippen molar-refractivity contribution in [3.63, 3.8) is 0 Å². The Morgan fingerprint density at radius 3 is 2.67 bits per heavy atom. The van der Waals surface area contributed by atoms with Crippen LogP contribution in [0.1, 0.15) is 47.3 Å². The van der Waals surface area contributed by atoms with E-state index in [1.807, 2.05) is 31.0 Å². The summed E-state index contributed by atoms with van der Waals surface area (Å²) < 4.78 is 5.24. The molecule has 1 aliphatic heterocycles. The van der Waals surface area contributed by atoms with Crippen LogP contribution >= 0.6 is 0 Å². The Morgan fingerprint density at radius 1 is 1.29 bits per heavy atom. The van der Waals surface area contributed by atoms with E-state index in [-0.39, 0.29) is 11.8 Å². The summed E-state index contributed by atoms with van der Waals surface area (Å²) in [6.07, 6.45) is 1.83. The third-order valence-electron chi connectivity index (χ3n) is 4.47. The fraction of sp³-hybridized carbons (Fsp3) is 0.500. The molecule has 1 aliphatic rings. The molecule has 0 unspecified atom stereocenters. The van der Waals surface area contributed by atoms with Crippen molar-refractivity contribution in [2.24, 2.45) is 0 Å². The van der Waals surface area contributed by atoms with Crippen molar-refractivity contribution in [2.75, 3.05) is 26.2 Å². The molecule has 6 heteroatoms. The first-order chi connectivity index (χ1) is 11.5. The van der Waals surface area contributed by atoms with Crippen LogP contribution in [0.2, 0.25) is 0 Å². The highest BCUT2D eigenvalue weighted by Crippen LogP contribution is 2.17. The lowest BCUT2D eigenvalue weighted by atomic mass is 10.1. The normalized spacial score (nSPS) is 15.9. The van der Waals surface area contributed by atoms with Crippen molar-refractivity contribution in [3.8, 4) is 0 Å². The zero-order chi connectivity index (χ0) is 17.1. The molecule has 0 atom stereocenters. The summed E-state index contributed by atoms with van der Waals surface area (Å²) in [6, 6.07) is 5.80. The number of carbonyl (C=O) groups is 1. The largest absolute Gasteiger partial charge is 0.360 e. The zero-order valence-corrected chi connectivity index (χ0v) is 14.5. The van der Waals surface area contributed by atoms with Crippen LogP contribution in [0.15, 0.2) is 28.9 Å². The van der Waals surface area contributed by atoms with Crippen molar-refractivity contribution in [1.82, 2.24) is 19.9 Å². The van der Waals surface area contributed by atoms with E-state index in [1.165, 1.54) is 5.56 Å². The molecule has 1 fully saturated rings. The van der Waals surface area contributed by atoms with E-state index in [4.69, 9.17) is 4.52 Å². The SMILES string of the molecule is Cc1cccnc1CN1CCN(C(=O)c2cc(C(C)C)on2)CC1. The van der Waals surface area contributed by atoms with Crippen LogP contribution in [0.5, 0.6) is 0 Å². The fourth-order valence-corrected chi connectivity index (χ4v) is 2.83. The maximum Gasteiger partial charge on any atom is 0.276 e. The number of carbonyl (C=O) groups excluding carboxylic acids is 1. The number of pyridine rings is 1. The van der Waals surface area contributed by atoms with Crippen LogP contribution in [0.3, 0.4) is 0 Å². The van der Waals surface area contributed by atoms with E-state index in [9.17, 15) is 4.79 Å². The molecule has 0 N–H and O–H groups in total. The molecule has 0 aliphatic carbocycles. The second kappa shape index (κ2) is 7.13. The molecular formula is C18H24N4O2. The Balaban J connectivity index is 1.56. The molecule has 0 bridgehead atoms. The van der Waals surface area contributed by atoms with Crippen molar-refractivity contribution in [2.45, 2.75) is 33.2 Å². The Labute approximate surface area is 142 Å². The van der Waals surface area contributed by atoms with Crippen LogP contribution in [-0.4, -0.2) is 52.0 Å². The second-order valence-electron chi connectivity index (χ2n) is 6.60. The highest BCUT2D eigenvalue weighted by Gasteiger charge is 2.25. The van der Waals surface area contributed by atoms with Crippen LogP contribution in [0.4, 0.5) is 0 Å². The van der Waals surface area contributed by atoms with Gasteiger partial charge >= 0.3 is 0 Å². The average molecular weight is 328 g/mol. The van der Waals surface area contributed by atoms with E-state index in [0.717, 1.165) is 31.1 Å². The second-order valence-corrected chi connectivity index (χ2v) is 6.60. The van der Waals surface area contributed by atoms with E-state index >= 15 is 0 Å². The molecule has 1 amide bonds. The van der Waals surface area contributed by atoms with Crippen molar-refractivity contribution < 1.29 is 9.32 Å². The minimum absolute atomic E-state index is 0.0423. The number of nitrogens with zero attached hydrogens (tertiary/aromatic N) is 4. The molecule has 6 nitrogen and oxygen atoms in total. The Morgan fingerprint density at radius 2 is 2.04 bits per heavy atom. The summed E-state index contributed by atoms with van der Waals surface area (Å²) in [5.74, 6) is 0.944. The molecule has 3 heterocycles. The molecule has 24 heavy (non-hydrogen) atoms. The van der Waals surface area contributed by atoms with Gasteiger partial charge in [0.25, 0.3) is 5.91 Å². The van der Waals surface area contributed by atoms with Crippen molar-refractivity contribution in [3.05, 3.63) is 47.1 Å². The van der Waals surface area contributed by atoms with Crippen LogP contribution in [-0.2, 0) is 6.54 Å². The third-order valence-corrected chi connectivity index (χ3v) is 4.47. The summed E-state index contributed by atoms with van der Waals surface area (Å²) in [5, 5.41) is 3.92. The lowest BCUT2D eigenvalue weighted by Gasteiger charge is -2.34. The van der Waals surface area contributed by atoms with E-state index in [1.54, 1.807) is 6.07 Å². The van der Waals surface area contributed by atoms with Gasteiger partial charge in [-0.05, 0) is 18.6 Å². The summed E-state index contributed by atoms with van der Waals surface area (Å²) >= 11 is 0. The highest BCUT2D eigenvalue weighted by atomic mass is 16.5. The first-order valence-corrected chi connectivity index (χ1v) is 8.43. The predicted molar refractivity (Wildman–Crippen MR) is 90.7 cm³/mol. The number of rotatable bonds is 4. The van der Waals surface area contributed by atoms with Gasteiger partial charge in [0, 0.05) is 50.9 Å². The first-order valence-electron chi connectivity index (χ1n) is 8.43. The summed E-state index contributed by atoms with van der Waals surface area (Å²) in [5.41, 5.74) is 2.72. The summed E-state index contributed by atoms with van der Waals surface area (Å²) in [4.78, 5) is 21.2. The zero-order valence-electron chi connectivity index (χ0n) is 14.5. The number of hydrogen-bond donors (Lipinski definition) is 0. The molecule has 0 saturated carbocycles. The summed E-state index contributed by atoms with van der Waals surface area (Å²) in [6.45, 7) is 10.0. The molecule has 0 aromatic carbocycles. The Kier molecular flexibility index (Phi) is 4.94. The maximum absolute atomic E-state index is 12.5. The molecule has 2 aromatic heterocycles. The van der Waals surface area contributed by atoms with Crippen LogP contribution in [0.25, 0.3) is 0 Å². The minimum atomic E-state index is -0.0423. The predicted octanol–water partition coefficient (Wildman–Crippen LogP) is 2.46. The van der Waals surface area contributed by atoms with Gasteiger partial charge in [0.15, 0.2) is 5.69 Å². The Bertz CT molecular complexity index is 703. The summed E-state index contributed by atoms with van der Waals surface area (Å²) in [7, 11) is 0. The molecule has 128 valence electrons. The van der Waals surface area contributed by atoms with Crippen molar-refractivity contribution >= 4 is 5.91 Å². The third kappa shape index (κ3) is 3.64. The van der Waals surface area contributed by atoms with Gasteiger partial charge in [0.1, 0.15) is 5.76 Å². The van der Waals surface area contributed by atoms with Gasteiger partial charge in [0.05, 0.1) is 5.69 Å². The van der Waals surface area contributed by atoms with Gasteiger partial charge in [-0.15, -0.1) is 0 Å². The average Bonchev–Trinajstić information content (AvgIpc) is 3.07. The number of amides is 1. The standard InChI is InChI=1S/C18H24N4O2/c1-13(2)17-11-15(20-24-17)18(23)22-9-7-21(8-10-22)12-16-14(3)5-4-6-19-16/h4-6,11,13H,7-10,12H2,1-3H3. The number of piperazine rings is 1. The topological polar surface area (TPSA) is 62.5 Å². The van der Waals surface area contributed by atoms with Gasteiger partial charge in [-0.25, -0.2) is 0 Å². The molecule has 3 rings (SSSR count). The van der Waals surface area contributed by atoms with Crippen LogP contribution < -0.4 is 0 Å². The fourth-order valence-electron chi connectivity index (χ4n) is 2.83. The minimum Gasteiger partial charge on any atom is -0.360 e. The lowest BCUT2D eigenvalue weighted by molar-refractivity contribution is 0.0616. The quantitative estimate of drug-likeness (QED) is 0.863. The molecule has 1 saturated heterocycles. The Hall–Kier alpha value is -2.21. The van der Waals surface area contributed by atoms with E-state index in [2.05, 4.69) is 28.0 Å². The number of aryl methyl sites for hydroxylation is 1. The van der Waals surface area contributed by atoms with Gasteiger partial charge in [-0.2, -0.15) is 0 Å². The number of hydrogen-bond acceptors (Lipinski definition) is 5.